The zero-order chi connectivity index (χ0) is 20.7. The number of rotatable bonds is 10. The Morgan fingerprint density at radius 1 is 1.07 bits per heavy atom. The molecule has 0 saturated carbocycles. The highest BCUT2D eigenvalue weighted by molar-refractivity contribution is 5.81. The van der Waals surface area contributed by atoms with Gasteiger partial charge in [-0.3, -0.25) is 4.79 Å². The number of aliphatic hydroxyl groups is 8. The molecule has 0 aromatic rings. The summed E-state index contributed by atoms with van der Waals surface area (Å²) in [5, 5.41) is 79.7. The van der Waals surface area contributed by atoms with E-state index in [-0.39, 0.29) is 6.54 Å². The minimum atomic E-state index is -2.02. The Labute approximate surface area is 155 Å². The third-order valence-corrected chi connectivity index (χ3v) is 4.17. The minimum absolute atomic E-state index is 0.251. The van der Waals surface area contributed by atoms with Crippen LogP contribution in [0.25, 0.3) is 0 Å². The maximum absolute atomic E-state index is 11.6. The molecular formula is C15H29NO11. The first kappa shape index (κ1) is 24.1. The van der Waals surface area contributed by atoms with Crippen molar-refractivity contribution in [3.05, 3.63) is 0 Å². The molecule has 1 aliphatic heterocycles. The normalized spacial score (nSPS) is 33.1. The molecule has 9 N–H and O–H groups in total. The molecule has 160 valence electrons. The van der Waals surface area contributed by atoms with Gasteiger partial charge in [0.05, 0.1) is 13.2 Å². The van der Waals surface area contributed by atoms with Crippen molar-refractivity contribution < 1.29 is 55.1 Å². The summed E-state index contributed by atoms with van der Waals surface area (Å²) >= 11 is 0. The van der Waals surface area contributed by atoms with E-state index in [1.54, 1.807) is 6.92 Å². The second-order valence-corrected chi connectivity index (χ2v) is 6.32. The van der Waals surface area contributed by atoms with Gasteiger partial charge in [0.15, 0.2) is 12.4 Å². The molecule has 0 radical (unpaired) electrons. The summed E-state index contributed by atoms with van der Waals surface area (Å²) in [5.74, 6) is -0.926. The first-order valence-corrected chi connectivity index (χ1v) is 8.57. The summed E-state index contributed by atoms with van der Waals surface area (Å²) < 4.78 is 10.1. The fourth-order valence-corrected chi connectivity index (χ4v) is 2.42. The fraction of sp³-hybridized carbons (Fsp3) is 0.933. The summed E-state index contributed by atoms with van der Waals surface area (Å²) in [5.41, 5.74) is 0. The maximum Gasteiger partial charge on any atom is 0.251 e. The summed E-state index contributed by atoms with van der Waals surface area (Å²) in [6.45, 7) is 0.636. The molecule has 12 nitrogen and oxygen atoms in total. The Balaban J connectivity index is 2.57. The second-order valence-electron chi connectivity index (χ2n) is 6.32. The molecule has 0 aromatic carbocycles. The summed E-state index contributed by atoms with van der Waals surface area (Å²) in [6, 6.07) is 0. The fourth-order valence-electron chi connectivity index (χ4n) is 2.42. The van der Waals surface area contributed by atoms with Crippen molar-refractivity contribution in [1.82, 2.24) is 5.32 Å². The average molecular weight is 399 g/mol. The van der Waals surface area contributed by atoms with Crippen molar-refractivity contribution in [2.75, 3.05) is 19.8 Å². The van der Waals surface area contributed by atoms with E-state index >= 15 is 0 Å². The maximum atomic E-state index is 11.6. The highest BCUT2D eigenvalue weighted by Gasteiger charge is 2.44. The molecule has 1 heterocycles. The van der Waals surface area contributed by atoms with E-state index in [1.165, 1.54) is 0 Å². The van der Waals surface area contributed by atoms with Crippen LogP contribution in [0.2, 0.25) is 0 Å². The van der Waals surface area contributed by atoms with Gasteiger partial charge in [0.2, 0.25) is 0 Å². The zero-order valence-corrected chi connectivity index (χ0v) is 14.8. The lowest BCUT2D eigenvalue weighted by molar-refractivity contribution is -0.306. The van der Waals surface area contributed by atoms with Gasteiger partial charge in [0.25, 0.3) is 5.91 Å². The molecule has 1 saturated heterocycles. The summed E-state index contributed by atoms with van der Waals surface area (Å²) in [7, 11) is 0. The predicted octanol–water partition coefficient (Wildman–Crippen LogP) is -5.23. The summed E-state index contributed by atoms with van der Waals surface area (Å²) in [6.07, 6.45) is -14.9. The van der Waals surface area contributed by atoms with Crippen LogP contribution in [0.4, 0.5) is 0 Å². The van der Waals surface area contributed by atoms with Gasteiger partial charge in [-0.2, -0.15) is 0 Å². The lowest BCUT2D eigenvalue weighted by atomic mass is 9.99. The molecule has 0 bridgehead atoms. The number of amides is 1. The molecular weight excluding hydrogens is 370 g/mol. The molecule has 0 unspecified atom stereocenters. The van der Waals surface area contributed by atoms with Crippen molar-refractivity contribution in [3.63, 3.8) is 0 Å². The van der Waals surface area contributed by atoms with Crippen LogP contribution in [-0.4, -0.2) is 122 Å². The third-order valence-electron chi connectivity index (χ3n) is 4.17. The average Bonchev–Trinajstić information content (AvgIpc) is 2.67. The van der Waals surface area contributed by atoms with E-state index in [1.807, 2.05) is 0 Å². The highest BCUT2D eigenvalue weighted by atomic mass is 16.7. The van der Waals surface area contributed by atoms with E-state index in [4.69, 9.17) is 14.6 Å². The highest BCUT2D eigenvalue weighted by Crippen LogP contribution is 2.22. The van der Waals surface area contributed by atoms with Crippen molar-refractivity contribution in [2.45, 2.75) is 68.5 Å². The van der Waals surface area contributed by atoms with Gasteiger partial charge in [-0.25, -0.2) is 0 Å². The van der Waals surface area contributed by atoms with Gasteiger partial charge in [0.1, 0.15) is 42.7 Å². The van der Waals surface area contributed by atoms with E-state index in [0.29, 0.717) is 6.42 Å². The van der Waals surface area contributed by atoms with E-state index in [2.05, 4.69) is 5.32 Å². The van der Waals surface area contributed by atoms with Crippen LogP contribution < -0.4 is 5.32 Å². The molecule has 0 aliphatic carbocycles. The van der Waals surface area contributed by atoms with Crippen LogP contribution in [0.5, 0.6) is 0 Å². The quantitative estimate of drug-likeness (QED) is 0.169. The van der Waals surface area contributed by atoms with Crippen molar-refractivity contribution >= 4 is 5.91 Å². The molecule has 1 fully saturated rings. The summed E-state index contributed by atoms with van der Waals surface area (Å²) in [4.78, 5) is 11.6. The number of aliphatic hydroxyl groups excluding tert-OH is 8. The van der Waals surface area contributed by atoms with Gasteiger partial charge >= 0.3 is 0 Å². The van der Waals surface area contributed by atoms with Crippen LogP contribution in [0.1, 0.15) is 13.3 Å². The van der Waals surface area contributed by atoms with Gasteiger partial charge in [0, 0.05) is 6.54 Å². The third kappa shape index (κ3) is 6.29. The monoisotopic (exact) mass is 399 g/mol. The van der Waals surface area contributed by atoms with Crippen LogP contribution in [-0.2, 0) is 14.3 Å². The number of hydrogen-bond acceptors (Lipinski definition) is 11. The Morgan fingerprint density at radius 3 is 2.26 bits per heavy atom. The van der Waals surface area contributed by atoms with Crippen molar-refractivity contribution in [2.24, 2.45) is 0 Å². The lowest BCUT2D eigenvalue weighted by Crippen LogP contribution is -2.59. The largest absolute Gasteiger partial charge is 0.394 e. The number of carbonyl (C=O) groups excluding carboxylic acids is 1. The Kier molecular flexibility index (Phi) is 9.97. The van der Waals surface area contributed by atoms with Crippen LogP contribution in [0.15, 0.2) is 0 Å². The number of carbonyl (C=O) groups is 1. The van der Waals surface area contributed by atoms with Crippen LogP contribution in [0, 0.1) is 0 Å². The van der Waals surface area contributed by atoms with E-state index in [9.17, 15) is 40.5 Å². The molecule has 12 heteroatoms. The van der Waals surface area contributed by atoms with E-state index < -0.39 is 74.2 Å². The standard InChI is InChI=1S/C15H29NO11/c1-2-3-16-14(25)12(23)10(21)8(19)6(18)5-26-15-13(24)11(22)9(20)7(4-17)27-15/h6-13,15,17-24H,2-5H2,1H3,(H,16,25)/t6-,7-,8-,9+,10+,11+,12-,13-,15+/m1/s1. The van der Waals surface area contributed by atoms with Gasteiger partial charge < -0.3 is 55.6 Å². The first-order chi connectivity index (χ1) is 12.6. The minimum Gasteiger partial charge on any atom is -0.394 e. The van der Waals surface area contributed by atoms with Gasteiger partial charge in [-0.1, -0.05) is 6.92 Å². The van der Waals surface area contributed by atoms with Crippen LogP contribution >= 0.6 is 0 Å². The lowest BCUT2D eigenvalue weighted by Gasteiger charge is -2.40. The van der Waals surface area contributed by atoms with Gasteiger partial charge in [-0.05, 0) is 6.42 Å². The topological polar surface area (TPSA) is 209 Å². The van der Waals surface area contributed by atoms with Gasteiger partial charge in [-0.15, -0.1) is 0 Å². The van der Waals surface area contributed by atoms with Crippen molar-refractivity contribution in [1.29, 1.82) is 0 Å². The molecule has 0 spiro atoms. The molecule has 27 heavy (non-hydrogen) atoms. The Bertz CT molecular complexity index is 451. The zero-order valence-electron chi connectivity index (χ0n) is 14.8. The van der Waals surface area contributed by atoms with E-state index in [0.717, 1.165) is 0 Å². The molecule has 9 atom stereocenters. The molecule has 1 aliphatic rings. The molecule has 1 rings (SSSR count). The van der Waals surface area contributed by atoms with Crippen molar-refractivity contribution in [3.8, 4) is 0 Å². The molecule has 0 aromatic heterocycles. The SMILES string of the molecule is CCCNC(=O)[C@H](O)[C@@H](O)[C@H](O)[C@H](O)CO[C@H]1O[C@H](CO)[C@H](O)[C@H](O)[C@H]1O. The Hall–Kier alpha value is -0.930. The molecule has 1 amide bonds. The second kappa shape index (κ2) is 11.2. The Morgan fingerprint density at radius 2 is 1.70 bits per heavy atom. The number of ether oxygens (including phenoxy) is 2. The van der Waals surface area contributed by atoms with Crippen LogP contribution in [0.3, 0.4) is 0 Å². The smallest absolute Gasteiger partial charge is 0.251 e. The number of nitrogens with one attached hydrogen (secondary N) is 1. The predicted molar refractivity (Wildman–Crippen MR) is 87.0 cm³/mol. The first-order valence-electron chi connectivity index (χ1n) is 8.57. The number of hydrogen-bond donors (Lipinski definition) is 9.